The second-order valence-electron chi connectivity index (χ2n) is 2.34. The third-order valence-electron chi connectivity index (χ3n) is 1.32. The second kappa shape index (κ2) is 9.06. The third kappa shape index (κ3) is 6.32. The van der Waals surface area contributed by atoms with E-state index >= 15 is 0 Å². The third-order valence-corrected chi connectivity index (χ3v) is 10.8. The van der Waals surface area contributed by atoms with Gasteiger partial charge in [-0.1, -0.05) is 5.70 Å². The first-order valence-corrected chi connectivity index (χ1v) is 11.5. The van der Waals surface area contributed by atoms with Crippen molar-refractivity contribution in [2.75, 3.05) is 0 Å². The molecule has 1 aliphatic heterocycles. The first-order chi connectivity index (χ1) is 6.93. The molecule has 0 saturated carbocycles. The molecule has 1 aliphatic rings. The summed E-state index contributed by atoms with van der Waals surface area (Å²) in [7, 11) is -6.08. The standard InChI is InChI=1S/C2H14O6Si6/c1-2-14-7-12-5-10-3-9-4-11-6-13-8-14/h2,14H,1,9-13H2. The van der Waals surface area contributed by atoms with Crippen molar-refractivity contribution in [2.24, 2.45) is 0 Å². The maximum Gasteiger partial charge on any atom is 0.329 e. The lowest BCUT2D eigenvalue weighted by atomic mass is 11.3. The Morgan fingerprint density at radius 3 is 1.64 bits per heavy atom. The summed E-state index contributed by atoms with van der Waals surface area (Å²) in [6.45, 7) is 3.66. The van der Waals surface area contributed by atoms with Gasteiger partial charge in [-0.2, -0.15) is 0 Å². The number of rotatable bonds is 1. The molecule has 1 saturated heterocycles. The van der Waals surface area contributed by atoms with E-state index in [2.05, 4.69) is 6.58 Å². The maximum absolute atomic E-state index is 5.48. The molecule has 12 heteroatoms. The van der Waals surface area contributed by atoms with Crippen LogP contribution in [-0.2, 0) is 24.7 Å². The van der Waals surface area contributed by atoms with E-state index < -0.39 is 59.3 Å². The van der Waals surface area contributed by atoms with Crippen LogP contribution in [0.15, 0.2) is 12.3 Å². The second-order valence-corrected chi connectivity index (χ2v) is 13.9. The van der Waals surface area contributed by atoms with E-state index in [4.69, 9.17) is 24.7 Å². The van der Waals surface area contributed by atoms with Crippen molar-refractivity contribution >= 4 is 59.3 Å². The lowest BCUT2D eigenvalue weighted by Gasteiger charge is -2.15. The van der Waals surface area contributed by atoms with Gasteiger partial charge in [-0.05, 0) is 0 Å². The first kappa shape index (κ1) is 12.9. The highest BCUT2D eigenvalue weighted by molar-refractivity contribution is 6.62. The predicted molar refractivity (Wildman–Crippen MR) is 66.6 cm³/mol. The zero-order valence-corrected chi connectivity index (χ0v) is 16.1. The molecule has 0 aromatic heterocycles. The average Bonchev–Trinajstić information content (AvgIpc) is 2.19. The van der Waals surface area contributed by atoms with E-state index in [1.165, 1.54) is 0 Å². The maximum atomic E-state index is 5.48. The van der Waals surface area contributed by atoms with Crippen LogP contribution < -0.4 is 0 Å². The van der Waals surface area contributed by atoms with Gasteiger partial charge in [-0.15, -0.1) is 6.58 Å². The highest BCUT2D eigenvalue weighted by Gasteiger charge is 2.09. The summed E-state index contributed by atoms with van der Waals surface area (Å²) in [5, 5.41) is 0. The molecule has 1 fully saturated rings. The van der Waals surface area contributed by atoms with Crippen LogP contribution in [0.2, 0.25) is 0 Å². The molecule has 0 unspecified atom stereocenters. The molecule has 0 N–H and O–H groups in total. The summed E-state index contributed by atoms with van der Waals surface area (Å²) >= 11 is 0. The molecule has 1 rings (SSSR count). The Morgan fingerprint density at radius 2 is 1.21 bits per heavy atom. The lowest BCUT2D eigenvalue weighted by molar-refractivity contribution is 0.340. The van der Waals surface area contributed by atoms with Crippen LogP contribution in [0.3, 0.4) is 0 Å². The van der Waals surface area contributed by atoms with Crippen molar-refractivity contribution < 1.29 is 24.7 Å². The van der Waals surface area contributed by atoms with E-state index in [1.807, 2.05) is 0 Å². The summed E-state index contributed by atoms with van der Waals surface area (Å²) in [5.74, 6) is 0. The van der Waals surface area contributed by atoms with Gasteiger partial charge in [0.25, 0.3) is 50.0 Å². The van der Waals surface area contributed by atoms with Crippen molar-refractivity contribution in [3.05, 3.63) is 12.3 Å². The Labute approximate surface area is 96.4 Å². The van der Waals surface area contributed by atoms with E-state index in [9.17, 15) is 0 Å². The van der Waals surface area contributed by atoms with Crippen LogP contribution in [0.4, 0.5) is 0 Å². The van der Waals surface area contributed by atoms with Crippen LogP contribution in [0.25, 0.3) is 0 Å². The molecule has 0 aromatic carbocycles. The van der Waals surface area contributed by atoms with E-state index in [1.54, 1.807) is 5.70 Å². The van der Waals surface area contributed by atoms with Crippen LogP contribution in [0.1, 0.15) is 0 Å². The lowest BCUT2D eigenvalue weighted by Crippen LogP contribution is -2.30. The van der Waals surface area contributed by atoms with Gasteiger partial charge in [0.15, 0.2) is 0 Å². The average molecular weight is 303 g/mol. The molecule has 0 atom stereocenters. The Morgan fingerprint density at radius 1 is 0.786 bits per heavy atom. The number of hydrogen-bond acceptors (Lipinski definition) is 6. The fraction of sp³-hybridized carbons (Fsp3) is 0. The van der Waals surface area contributed by atoms with Crippen LogP contribution in [-0.4, -0.2) is 59.3 Å². The minimum absolute atomic E-state index is 0.833. The molecule has 0 aliphatic carbocycles. The van der Waals surface area contributed by atoms with Gasteiger partial charge in [0.2, 0.25) is 0 Å². The fourth-order valence-corrected chi connectivity index (χ4v) is 12.3. The minimum atomic E-state index is -1.68. The normalized spacial score (nSPS) is 35.9. The molecule has 1 heterocycles. The van der Waals surface area contributed by atoms with Crippen LogP contribution in [0, 0.1) is 0 Å². The Kier molecular flexibility index (Phi) is 8.33. The molecule has 0 spiro atoms. The van der Waals surface area contributed by atoms with Gasteiger partial charge in [0.1, 0.15) is 0 Å². The molecule has 6 nitrogen and oxygen atoms in total. The summed E-state index contributed by atoms with van der Waals surface area (Å²) < 4.78 is 32.2. The Bertz CT molecular complexity index is 145. The highest BCUT2D eigenvalue weighted by atomic mass is 28.4. The molecular weight excluding hydrogens is 289 g/mol. The van der Waals surface area contributed by atoms with E-state index in [0.29, 0.717) is 0 Å². The van der Waals surface area contributed by atoms with Crippen molar-refractivity contribution in [2.45, 2.75) is 0 Å². The van der Waals surface area contributed by atoms with Crippen LogP contribution in [0.5, 0.6) is 0 Å². The van der Waals surface area contributed by atoms with Gasteiger partial charge < -0.3 is 24.7 Å². The highest BCUT2D eigenvalue weighted by Crippen LogP contribution is 1.90. The number of hydrogen-bond donors (Lipinski definition) is 0. The molecule has 0 radical (unpaired) electrons. The SMILES string of the molecule is C=C[SiH]1O[SiH2]O[SiH2]O[SiH2]O[SiH2]O[SiH2]O1. The Hall–Kier alpha value is 0.801. The van der Waals surface area contributed by atoms with Gasteiger partial charge in [-0.3, -0.25) is 0 Å². The summed E-state index contributed by atoms with van der Waals surface area (Å²) in [4.78, 5) is 0. The Balaban J connectivity index is 2.20. The zero-order valence-electron chi connectivity index (χ0n) is 7.85. The van der Waals surface area contributed by atoms with Crippen molar-refractivity contribution in [3.63, 3.8) is 0 Å². The van der Waals surface area contributed by atoms with Gasteiger partial charge in [0.05, 0.1) is 0 Å². The van der Waals surface area contributed by atoms with Crippen molar-refractivity contribution in [3.8, 4) is 0 Å². The smallest absolute Gasteiger partial charge is 0.329 e. The molecule has 0 amide bonds. The quantitative estimate of drug-likeness (QED) is 0.452. The molecule has 0 bridgehead atoms. The monoisotopic (exact) mass is 302 g/mol. The van der Waals surface area contributed by atoms with E-state index in [-0.39, 0.29) is 0 Å². The summed E-state index contributed by atoms with van der Waals surface area (Å²) in [6.07, 6.45) is 0. The molecule has 14 heavy (non-hydrogen) atoms. The molecule has 0 aromatic rings. The van der Waals surface area contributed by atoms with E-state index in [0.717, 1.165) is 0 Å². The minimum Gasteiger partial charge on any atom is -0.425 e. The summed E-state index contributed by atoms with van der Waals surface area (Å²) in [5.41, 5.74) is 1.75. The van der Waals surface area contributed by atoms with Gasteiger partial charge in [0, 0.05) is 0 Å². The largest absolute Gasteiger partial charge is 0.425 e. The topological polar surface area (TPSA) is 55.4 Å². The zero-order chi connectivity index (χ0) is 10.1. The predicted octanol–water partition coefficient (Wildman–Crippen LogP) is -4.96. The molecule has 82 valence electrons. The fourth-order valence-electron chi connectivity index (χ4n) is 0.727. The van der Waals surface area contributed by atoms with Gasteiger partial charge in [-0.25, -0.2) is 0 Å². The van der Waals surface area contributed by atoms with Crippen molar-refractivity contribution in [1.82, 2.24) is 0 Å². The van der Waals surface area contributed by atoms with Gasteiger partial charge >= 0.3 is 9.28 Å². The van der Waals surface area contributed by atoms with Crippen LogP contribution >= 0.6 is 0 Å². The molecular formula is C2H14O6Si6. The first-order valence-electron chi connectivity index (χ1n) is 4.10. The van der Waals surface area contributed by atoms with Crippen molar-refractivity contribution in [1.29, 1.82) is 0 Å². The summed E-state index contributed by atoms with van der Waals surface area (Å²) in [6, 6.07) is 0.